The van der Waals surface area contributed by atoms with Gasteiger partial charge in [0.2, 0.25) is 20.0 Å². The summed E-state index contributed by atoms with van der Waals surface area (Å²) in [6.07, 6.45) is 0.598. The number of benzene rings is 1. The van der Waals surface area contributed by atoms with E-state index in [9.17, 15) is 26.9 Å². The number of morpholine rings is 1. The van der Waals surface area contributed by atoms with Crippen molar-refractivity contribution in [3.8, 4) is 0 Å². The maximum atomic E-state index is 11.6. The number of primary sulfonamides is 1. The van der Waals surface area contributed by atoms with E-state index in [0.717, 1.165) is 18.4 Å². The third-order valence-corrected chi connectivity index (χ3v) is 5.77. The molecule has 3 N–H and O–H groups in total. The average Bonchev–Trinajstić information content (AvgIpc) is 2.51. The monoisotopic (exact) mass is 394 g/mol. The number of nitrogens with two attached hydrogens (primary N) is 1. The first-order valence-corrected chi connectivity index (χ1v) is 10.5. The van der Waals surface area contributed by atoms with E-state index in [-0.39, 0.29) is 36.8 Å². The second-order valence-corrected chi connectivity index (χ2v) is 9.02. The van der Waals surface area contributed by atoms with E-state index in [1.807, 2.05) is 0 Å². The van der Waals surface area contributed by atoms with Crippen LogP contribution in [0.1, 0.15) is 0 Å². The molecule has 25 heavy (non-hydrogen) atoms. The number of nitrogens with zero attached hydrogens (tertiary/aromatic N) is 2. The highest BCUT2D eigenvalue weighted by Crippen LogP contribution is 2.27. The number of sulfonamides is 2. The first-order chi connectivity index (χ1) is 11.5. The van der Waals surface area contributed by atoms with Gasteiger partial charge in [0.25, 0.3) is 5.69 Å². The summed E-state index contributed by atoms with van der Waals surface area (Å²) in [7, 11) is -7.41. The van der Waals surface area contributed by atoms with Crippen molar-refractivity contribution in [3.05, 3.63) is 28.3 Å². The van der Waals surface area contributed by atoms with E-state index in [1.165, 1.54) is 10.4 Å². The van der Waals surface area contributed by atoms with E-state index in [2.05, 4.69) is 5.32 Å². The van der Waals surface area contributed by atoms with E-state index in [0.29, 0.717) is 0 Å². The van der Waals surface area contributed by atoms with Gasteiger partial charge >= 0.3 is 0 Å². The molecule has 1 heterocycles. The number of ether oxygens (including phenoxy) is 1. The number of hydrogen-bond donors (Lipinski definition) is 2. The van der Waals surface area contributed by atoms with Crippen LogP contribution >= 0.6 is 0 Å². The van der Waals surface area contributed by atoms with E-state index in [1.54, 1.807) is 0 Å². The lowest BCUT2D eigenvalue weighted by Gasteiger charge is -2.31. The summed E-state index contributed by atoms with van der Waals surface area (Å²) in [5, 5.41) is 18.9. The molecule has 0 aromatic heterocycles. The van der Waals surface area contributed by atoms with Gasteiger partial charge in [-0.25, -0.2) is 22.0 Å². The number of nitro benzene ring substituents is 1. The predicted molar refractivity (Wildman–Crippen MR) is 89.1 cm³/mol. The number of rotatable bonds is 6. The van der Waals surface area contributed by atoms with Gasteiger partial charge < -0.3 is 10.1 Å². The molecule has 1 saturated heterocycles. The van der Waals surface area contributed by atoms with Crippen LogP contribution in [0.3, 0.4) is 0 Å². The molecule has 2 rings (SSSR count). The standard InChI is InChI=1S/C12H18N4O7S2/c1-24(19,20)15-4-5-23-9(8-15)7-14-11-3-2-10(25(13,21)22)6-12(11)16(17)18/h2-3,6,9,14H,4-5,7-8H2,1H3,(H2,13,21,22). The van der Waals surface area contributed by atoms with Crippen molar-refractivity contribution in [2.75, 3.05) is 37.8 Å². The zero-order valence-corrected chi connectivity index (χ0v) is 14.9. The second-order valence-electron chi connectivity index (χ2n) is 5.48. The average molecular weight is 394 g/mol. The Hall–Kier alpha value is -1.80. The number of anilines is 1. The molecule has 13 heteroatoms. The van der Waals surface area contributed by atoms with Crippen LogP contribution < -0.4 is 10.5 Å². The SMILES string of the molecule is CS(=O)(=O)N1CCOC(CNc2ccc(S(N)(=O)=O)cc2[N+](=O)[O-])C1. The van der Waals surface area contributed by atoms with Crippen molar-refractivity contribution >= 4 is 31.4 Å². The molecule has 1 aliphatic heterocycles. The molecule has 1 fully saturated rings. The Morgan fingerprint density at radius 2 is 2.08 bits per heavy atom. The van der Waals surface area contributed by atoms with Gasteiger partial charge in [0.15, 0.2) is 0 Å². The summed E-state index contributed by atoms with van der Waals surface area (Å²) in [4.78, 5) is 10.0. The van der Waals surface area contributed by atoms with Crippen LogP contribution in [0.15, 0.2) is 23.1 Å². The van der Waals surface area contributed by atoms with Crippen LogP contribution in [0.4, 0.5) is 11.4 Å². The summed E-state index contributed by atoms with van der Waals surface area (Å²) in [5.41, 5.74) is -0.375. The molecule has 0 aliphatic carbocycles. The van der Waals surface area contributed by atoms with Gasteiger partial charge in [0.05, 0.1) is 28.8 Å². The maximum absolute atomic E-state index is 11.6. The highest BCUT2D eigenvalue weighted by atomic mass is 32.2. The molecule has 0 spiro atoms. The van der Waals surface area contributed by atoms with Crippen molar-refractivity contribution in [2.45, 2.75) is 11.0 Å². The van der Waals surface area contributed by atoms with Crippen molar-refractivity contribution in [1.82, 2.24) is 4.31 Å². The lowest BCUT2D eigenvalue weighted by Crippen LogP contribution is -2.47. The maximum Gasteiger partial charge on any atom is 0.293 e. The zero-order valence-electron chi connectivity index (χ0n) is 13.3. The Morgan fingerprint density at radius 3 is 2.64 bits per heavy atom. The molecular weight excluding hydrogens is 376 g/mol. The molecule has 1 unspecified atom stereocenters. The molecule has 11 nitrogen and oxygen atoms in total. The lowest BCUT2D eigenvalue weighted by molar-refractivity contribution is -0.384. The van der Waals surface area contributed by atoms with Crippen LogP contribution in [0.5, 0.6) is 0 Å². The van der Waals surface area contributed by atoms with E-state index < -0.39 is 36.8 Å². The van der Waals surface area contributed by atoms with Gasteiger partial charge in [-0.2, -0.15) is 4.31 Å². The Morgan fingerprint density at radius 1 is 1.40 bits per heavy atom. The minimum absolute atomic E-state index is 0.0810. The Balaban J connectivity index is 2.14. The van der Waals surface area contributed by atoms with Crippen LogP contribution in [-0.2, 0) is 24.8 Å². The summed E-state index contributed by atoms with van der Waals surface area (Å²) < 4.78 is 52.5. The first-order valence-electron chi connectivity index (χ1n) is 7.10. The number of nitro groups is 1. The Kier molecular flexibility index (Phi) is 5.63. The lowest BCUT2D eigenvalue weighted by atomic mass is 10.2. The second kappa shape index (κ2) is 7.21. The van der Waals surface area contributed by atoms with Crippen LogP contribution in [0, 0.1) is 10.1 Å². The minimum atomic E-state index is -4.06. The van der Waals surface area contributed by atoms with Crippen molar-refractivity contribution < 1.29 is 26.5 Å². The van der Waals surface area contributed by atoms with Gasteiger partial charge in [0.1, 0.15) is 5.69 Å². The minimum Gasteiger partial charge on any atom is -0.377 e. The molecule has 1 aliphatic rings. The van der Waals surface area contributed by atoms with Crippen molar-refractivity contribution in [1.29, 1.82) is 0 Å². The molecule has 1 aromatic rings. The Bertz CT molecular complexity index is 869. The third kappa shape index (κ3) is 5.09. The smallest absolute Gasteiger partial charge is 0.293 e. The van der Waals surface area contributed by atoms with Gasteiger partial charge in [0, 0.05) is 25.7 Å². The number of nitrogens with one attached hydrogen (secondary N) is 1. The fourth-order valence-corrected chi connectivity index (χ4v) is 3.71. The van der Waals surface area contributed by atoms with E-state index >= 15 is 0 Å². The molecule has 0 radical (unpaired) electrons. The summed E-state index contributed by atoms with van der Waals surface area (Å²) in [6, 6.07) is 3.24. The predicted octanol–water partition coefficient (Wildman–Crippen LogP) is -0.685. The molecule has 1 aromatic carbocycles. The van der Waals surface area contributed by atoms with Crippen molar-refractivity contribution in [3.63, 3.8) is 0 Å². The normalized spacial score (nSPS) is 19.5. The van der Waals surface area contributed by atoms with Gasteiger partial charge in [-0.05, 0) is 12.1 Å². The first kappa shape index (κ1) is 19.5. The largest absolute Gasteiger partial charge is 0.377 e. The summed E-state index contributed by atoms with van der Waals surface area (Å²) in [5.74, 6) is 0. The summed E-state index contributed by atoms with van der Waals surface area (Å²) >= 11 is 0. The highest BCUT2D eigenvalue weighted by molar-refractivity contribution is 7.89. The zero-order chi connectivity index (χ0) is 18.8. The quantitative estimate of drug-likeness (QED) is 0.473. The van der Waals surface area contributed by atoms with Gasteiger partial charge in [-0.15, -0.1) is 0 Å². The molecule has 0 bridgehead atoms. The number of hydrogen-bond acceptors (Lipinski definition) is 8. The topological polar surface area (TPSA) is 162 Å². The fourth-order valence-electron chi connectivity index (χ4n) is 2.33. The highest BCUT2D eigenvalue weighted by Gasteiger charge is 2.27. The van der Waals surface area contributed by atoms with Crippen LogP contribution in [-0.4, -0.2) is 64.7 Å². The van der Waals surface area contributed by atoms with Crippen molar-refractivity contribution in [2.24, 2.45) is 5.14 Å². The Labute approximate surface area is 145 Å². The molecule has 1 atom stereocenters. The van der Waals surface area contributed by atoms with Crippen LogP contribution in [0.2, 0.25) is 0 Å². The molecule has 140 valence electrons. The fraction of sp³-hybridized carbons (Fsp3) is 0.500. The third-order valence-electron chi connectivity index (χ3n) is 3.59. The molecular formula is C12H18N4O7S2. The van der Waals surface area contributed by atoms with E-state index in [4.69, 9.17) is 9.88 Å². The molecule has 0 saturated carbocycles. The van der Waals surface area contributed by atoms with Crippen LogP contribution in [0.25, 0.3) is 0 Å². The molecule has 0 amide bonds. The van der Waals surface area contributed by atoms with Gasteiger partial charge in [-0.1, -0.05) is 0 Å². The van der Waals surface area contributed by atoms with Gasteiger partial charge in [-0.3, -0.25) is 10.1 Å². The summed E-state index contributed by atoms with van der Waals surface area (Å²) in [6.45, 7) is 0.695.